The normalized spacial score (nSPS) is 11.3. The van der Waals surface area contributed by atoms with E-state index in [9.17, 15) is 19.7 Å². The summed E-state index contributed by atoms with van der Waals surface area (Å²) in [7, 11) is 0. The number of carbonyl (C=O) groups excluding carboxylic acids is 2. The number of rotatable bonds is 5. The molecular weight excluding hydrogens is 338 g/mol. The Kier molecular flexibility index (Phi) is 7.18. The van der Waals surface area contributed by atoms with Crippen LogP contribution in [0, 0.1) is 10.1 Å². The number of thiophene rings is 1. The number of nitrogens with one attached hydrogen (secondary N) is 1. The fourth-order valence-corrected chi connectivity index (χ4v) is 2.13. The lowest BCUT2D eigenvalue weighted by molar-refractivity contribution is -0.443. The average Bonchev–Trinajstić information content (AvgIpc) is 2.93. The number of ether oxygens (including phenoxy) is 2. The highest BCUT2D eigenvalue weighted by Crippen LogP contribution is 2.16. The zero-order valence-electron chi connectivity index (χ0n) is 13.7. The van der Waals surface area contributed by atoms with E-state index in [-0.39, 0.29) is 0 Å². The van der Waals surface area contributed by atoms with Gasteiger partial charge in [0.1, 0.15) is 6.10 Å². The number of amides is 2. The Morgan fingerprint density at radius 2 is 1.92 bits per heavy atom. The first-order valence-electron chi connectivity index (χ1n) is 7.08. The highest BCUT2D eigenvalue weighted by molar-refractivity contribution is 7.10. The van der Waals surface area contributed by atoms with Gasteiger partial charge >= 0.3 is 18.0 Å². The van der Waals surface area contributed by atoms with Crippen molar-refractivity contribution in [3.8, 4) is 0 Å². The average molecular weight is 357 g/mol. The van der Waals surface area contributed by atoms with Gasteiger partial charge in [-0.1, -0.05) is 6.07 Å². The molecule has 0 atom stereocenters. The Hall–Kier alpha value is -2.62. The minimum absolute atomic E-state index is 0.421. The Morgan fingerprint density at radius 3 is 2.38 bits per heavy atom. The van der Waals surface area contributed by atoms with Crippen LogP contribution in [0.15, 0.2) is 23.3 Å². The lowest BCUT2D eigenvalue weighted by Gasteiger charge is -2.18. The van der Waals surface area contributed by atoms with Gasteiger partial charge < -0.3 is 19.6 Å². The molecule has 0 unspecified atom stereocenters. The predicted octanol–water partition coefficient (Wildman–Crippen LogP) is 3.22. The fraction of sp³-hybridized carbons (Fsp3) is 0.429. The van der Waals surface area contributed by atoms with Crippen LogP contribution in [-0.4, -0.2) is 34.3 Å². The van der Waals surface area contributed by atoms with Crippen LogP contribution in [0.4, 0.5) is 9.59 Å². The molecule has 0 bridgehead atoms. The van der Waals surface area contributed by atoms with Crippen molar-refractivity contribution in [3.63, 3.8) is 0 Å². The van der Waals surface area contributed by atoms with Crippen LogP contribution in [0.3, 0.4) is 0 Å². The molecule has 10 heteroatoms. The summed E-state index contributed by atoms with van der Waals surface area (Å²) in [6, 6.07) is 3.33. The third-order valence-corrected chi connectivity index (χ3v) is 3.11. The van der Waals surface area contributed by atoms with Gasteiger partial charge in [0.25, 0.3) is 0 Å². The molecule has 0 radical (unpaired) electrons. The van der Waals surface area contributed by atoms with Crippen LogP contribution in [0.1, 0.15) is 32.6 Å². The Bertz CT molecular complexity index is 612. The summed E-state index contributed by atoms with van der Waals surface area (Å²) in [4.78, 5) is 35.0. The molecule has 0 aliphatic carbocycles. The van der Waals surface area contributed by atoms with Gasteiger partial charge in [0.15, 0.2) is 0 Å². The van der Waals surface area contributed by atoms with Gasteiger partial charge in [-0.3, -0.25) is 0 Å². The number of hydrazine groups is 1. The molecule has 0 saturated carbocycles. The molecule has 2 amide bonds. The summed E-state index contributed by atoms with van der Waals surface area (Å²) in [5, 5.41) is 13.5. The molecular formula is C14H19N3O6S. The van der Waals surface area contributed by atoms with Gasteiger partial charge in [0, 0.05) is 4.88 Å². The molecule has 1 rings (SSSR count). The maximum Gasteiger partial charge on any atom is 0.532 e. The van der Waals surface area contributed by atoms with Crippen molar-refractivity contribution in [2.24, 2.45) is 0 Å². The monoisotopic (exact) mass is 357 g/mol. The quantitative estimate of drug-likeness (QED) is 0.640. The van der Waals surface area contributed by atoms with Crippen molar-refractivity contribution in [2.45, 2.75) is 39.9 Å². The lowest BCUT2D eigenvalue weighted by Crippen LogP contribution is -2.48. The van der Waals surface area contributed by atoms with E-state index in [2.05, 4.69) is 0 Å². The molecule has 9 nitrogen and oxygen atoms in total. The summed E-state index contributed by atoms with van der Waals surface area (Å²) >= 11 is 1.24. The third-order valence-electron chi connectivity index (χ3n) is 2.30. The molecule has 0 saturated heterocycles. The third kappa shape index (κ3) is 6.24. The van der Waals surface area contributed by atoms with Gasteiger partial charge in [-0.2, -0.15) is 4.79 Å². The van der Waals surface area contributed by atoms with E-state index < -0.39 is 35.1 Å². The summed E-state index contributed by atoms with van der Waals surface area (Å²) in [5.41, 5.74) is 2.04. The van der Waals surface area contributed by atoms with Crippen LogP contribution in [-0.2, 0) is 9.47 Å². The maximum absolute atomic E-state index is 12.1. The second kappa shape index (κ2) is 8.87. The van der Waals surface area contributed by atoms with Crippen molar-refractivity contribution in [2.75, 3.05) is 0 Å². The second-order valence-corrected chi connectivity index (χ2v) is 6.09. The molecule has 1 heterocycles. The van der Waals surface area contributed by atoms with Crippen LogP contribution >= 0.6 is 11.3 Å². The molecule has 1 N–H and O–H groups in total. The Labute approximate surface area is 143 Å². The van der Waals surface area contributed by atoms with E-state index in [0.717, 1.165) is 6.08 Å². The van der Waals surface area contributed by atoms with Crippen LogP contribution < -0.4 is 5.43 Å². The molecule has 0 aromatic carbocycles. The largest absolute Gasteiger partial charge is 0.532 e. The molecule has 0 aliphatic heterocycles. The minimum atomic E-state index is -1.09. The van der Waals surface area contributed by atoms with Gasteiger partial charge in [0.2, 0.25) is 0 Å². The van der Waals surface area contributed by atoms with E-state index in [1.165, 1.54) is 11.3 Å². The molecule has 1 aromatic heterocycles. The first kappa shape index (κ1) is 19.4. The lowest BCUT2D eigenvalue weighted by atomic mass is 10.4. The first-order valence-corrected chi connectivity index (χ1v) is 7.96. The molecule has 0 aliphatic rings. The van der Waals surface area contributed by atoms with Crippen molar-refractivity contribution in [1.29, 1.82) is 0 Å². The van der Waals surface area contributed by atoms with E-state index in [0.29, 0.717) is 9.89 Å². The fourth-order valence-electron chi connectivity index (χ4n) is 1.48. The zero-order chi connectivity index (χ0) is 18.3. The summed E-state index contributed by atoms with van der Waals surface area (Å²) in [6.07, 6.45) is -1.94. The smallest absolute Gasteiger partial charge is 0.445 e. The molecule has 1 aromatic rings. The molecule has 24 heavy (non-hydrogen) atoms. The summed E-state index contributed by atoms with van der Waals surface area (Å²) in [5.74, 6) is -0.663. The Balaban J connectivity index is 3.14. The number of hydrogen-bond donors (Lipinski definition) is 1. The van der Waals surface area contributed by atoms with E-state index >= 15 is 0 Å². The summed E-state index contributed by atoms with van der Waals surface area (Å²) in [6.45, 7) is 6.37. The molecule has 0 fully saturated rings. The van der Waals surface area contributed by atoms with Gasteiger partial charge in [-0.05, 0) is 49.1 Å². The summed E-state index contributed by atoms with van der Waals surface area (Å²) < 4.78 is 9.80. The van der Waals surface area contributed by atoms with Crippen LogP contribution in [0.5, 0.6) is 0 Å². The number of nitrogens with zero attached hydrogens (tertiary/aromatic N) is 2. The van der Waals surface area contributed by atoms with Crippen molar-refractivity contribution in [3.05, 3.63) is 38.3 Å². The molecule has 0 spiro atoms. The zero-order valence-corrected chi connectivity index (χ0v) is 14.5. The van der Waals surface area contributed by atoms with Gasteiger partial charge in [-0.15, -0.1) is 16.8 Å². The van der Waals surface area contributed by atoms with Crippen LogP contribution in [0.2, 0.25) is 0 Å². The van der Waals surface area contributed by atoms with Crippen molar-refractivity contribution >= 4 is 29.6 Å². The maximum atomic E-state index is 12.1. The minimum Gasteiger partial charge on any atom is -0.445 e. The standard InChI is InChI=1S/C14H19N3O6S/c1-9(2)22-13(18)15-16(14(19)23-10(3)4)12(17(20)21)8-11-6-5-7-24-11/h5-10H,1-4H3,(H,15,18)/b12-8-. The molecule has 132 valence electrons. The highest BCUT2D eigenvalue weighted by Gasteiger charge is 2.35. The van der Waals surface area contributed by atoms with Crippen molar-refractivity contribution in [1.82, 2.24) is 10.4 Å². The van der Waals surface area contributed by atoms with E-state index in [1.807, 2.05) is 5.43 Å². The second-order valence-electron chi connectivity index (χ2n) is 5.11. The first-order chi connectivity index (χ1) is 11.2. The topological polar surface area (TPSA) is 111 Å². The number of nitro groups is 1. The van der Waals surface area contributed by atoms with E-state index in [4.69, 9.17) is 9.47 Å². The van der Waals surface area contributed by atoms with E-state index in [1.54, 1.807) is 45.2 Å². The Morgan fingerprint density at radius 1 is 1.29 bits per heavy atom. The van der Waals surface area contributed by atoms with Crippen molar-refractivity contribution < 1.29 is 24.0 Å². The van der Waals surface area contributed by atoms with Gasteiger partial charge in [0.05, 0.1) is 12.2 Å². The SMILES string of the molecule is CC(C)OC(=O)NN(C(=O)OC(C)C)/C(=C/c1cccs1)[N+](=O)[O-]. The highest BCUT2D eigenvalue weighted by atomic mass is 32.1. The number of carbonyl (C=O) groups is 2. The number of hydrogen-bond acceptors (Lipinski definition) is 7. The predicted molar refractivity (Wildman–Crippen MR) is 87.5 cm³/mol. The van der Waals surface area contributed by atoms with Crippen LogP contribution in [0.25, 0.3) is 6.08 Å². The van der Waals surface area contributed by atoms with Gasteiger partial charge in [-0.25, -0.2) is 4.79 Å².